The number of halogens is 1. The first-order chi connectivity index (χ1) is 15.3. The van der Waals surface area contributed by atoms with Gasteiger partial charge in [0.1, 0.15) is 11.5 Å². The van der Waals surface area contributed by atoms with Crippen LogP contribution in [0.2, 0.25) is 5.02 Å². The monoisotopic (exact) mass is 474 g/mol. The fraction of sp³-hybridized carbons (Fsp3) is 0.174. The normalized spacial score (nSPS) is 12.0. The summed E-state index contributed by atoms with van der Waals surface area (Å²) in [6.07, 6.45) is 0. The maximum Gasteiger partial charge on any atom is 0.261 e. The number of amides is 1. The van der Waals surface area contributed by atoms with Gasteiger partial charge in [-0.3, -0.25) is 9.52 Å². The van der Waals surface area contributed by atoms with Crippen molar-refractivity contribution < 1.29 is 22.7 Å². The van der Waals surface area contributed by atoms with E-state index in [0.29, 0.717) is 5.69 Å². The molecular weight excluding hydrogens is 452 g/mol. The maximum absolute atomic E-state index is 12.5. The highest BCUT2D eigenvalue weighted by atomic mass is 35.5. The van der Waals surface area contributed by atoms with Crippen molar-refractivity contribution in [3.05, 3.63) is 83.4 Å². The van der Waals surface area contributed by atoms with Gasteiger partial charge < -0.3 is 14.8 Å². The van der Waals surface area contributed by atoms with Gasteiger partial charge in [0.25, 0.3) is 15.9 Å². The molecule has 0 aliphatic heterocycles. The number of hydrogen-bond acceptors (Lipinski definition) is 5. The number of para-hydroxylation sites is 1. The summed E-state index contributed by atoms with van der Waals surface area (Å²) < 4.78 is 38.2. The third kappa shape index (κ3) is 6.15. The Kier molecular flexibility index (Phi) is 7.61. The third-order valence-electron chi connectivity index (χ3n) is 4.59. The number of ether oxygens (including phenoxy) is 2. The molecule has 1 amide bonds. The molecule has 0 radical (unpaired) electrons. The molecule has 0 spiro atoms. The Morgan fingerprint density at radius 1 is 1.03 bits per heavy atom. The van der Waals surface area contributed by atoms with Crippen molar-refractivity contribution in [2.24, 2.45) is 0 Å². The highest BCUT2D eigenvalue weighted by Gasteiger charge is 2.17. The third-order valence-corrected chi connectivity index (χ3v) is 6.27. The molecule has 0 aliphatic rings. The maximum atomic E-state index is 12.5. The molecule has 3 aromatic carbocycles. The van der Waals surface area contributed by atoms with Gasteiger partial charge >= 0.3 is 0 Å². The summed E-state index contributed by atoms with van der Waals surface area (Å²) in [6.45, 7) is 1.58. The van der Waals surface area contributed by atoms with E-state index in [1.54, 1.807) is 37.4 Å². The summed E-state index contributed by atoms with van der Waals surface area (Å²) in [4.78, 5) is 12.2. The molecule has 2 N–H and O–H groups in total. The second-order valence-electron chi connectivity index (χ2n) is 6.91. The zero-order valence-corrected chi connectivity index (χ0v) is 19.1. The van der Waals surface area contributed by atoms with E-state index >= 15 is 0 Å². The van der Waals surface area contributed by atoms with Gasteiger partial charge in [-0.15, -0.1) is 0 Å². The predicted molar refractivity (Wildman–Crippen MR) is 124 cm³/mol. The Balaban J connectivity index is 1.58. The Bertz CT molecular complexity index is 1170. The summed E-state index contributed by atoms with van der Waals surface area (Å²) in [5.41, 5.74) is 1.35. The van der Waals surface area contributed by atoms with Gasteiger partial charge in [-0.1, -0.05) is 41.9 Å². The van der Waals surface area contributed by atoms with Gasteiger partial charge in [0.15, 0.2) is 6.61 Å². The first-order valence-corrected chi connectivity index (χ1v) is 11.6. The van der Waals surface area contributed by atoms with E-state index in [9.17, 15) is 13.2 Å². The highest BCUT2D eigenvalue weighted by Crippen LogP contribution is 2.28. The molecule has 1 atom stereocenters. The first kappa shape index (κ1) is 23.4. The summed E-state index contributed by atoms with van der Waals surface area (Å²) >= 11 is 6.19. The molecule has 0 bridgehead atoms. The zero-order valence-electron chi connectivity index (χ0n) is 17.5. The minimum atomic E-state index is -3.81. The Morgan fingerprint density at radius 2 is 1.72 bits per heavy atom. The Morgan fingerprint density at radius 3 is 2.34 bits per heavy atom. The topological polar surface area (TPSA) is 93.7 Å². The molecule has 168 valence electrons. The number of carbonyl (C=O) groups excluding carboxylic acids is 1. The largest absolute Gasteiger partial charge is 0.497 e. The van der Waals surface area contributed by atoms with Crippen LogP contribution in [0.5, 0.6) is 11.5 Å². The van der Waals surface area contributed by atoms with Crippen LogP contribution >= 0.6 is 11.6 Å². The van der Waals surface area contributed by atoms with Gasteiger partial charge in [-0.2, -0.15) is 0 Å². The van der Waals surface area contributed by atoms with Crippen molar-refractivity contribution in [1.82, 2.24) is 5.32 Å². The van der Waals surface area contributed by atoms with E-state index in [4.69, 9.17) is 21.1 Å². The van der Waals surface area contributed by atoms with Gasteiger partial charge in [0, 0.05) is 5.69 Å². The predicted octanol–water partition coefficient (Wildman–Crippen LogP) is 4.41. The fourth-order valence-electron chi connectivity index (χ4n) is 2.89. The van der Waals surface area contributed by atoms with E-state index < -0.39 is 10.0 Å². The van der Waals surface area contributed by atoms with Crippen LogP contribution < -0.4 is 19.5 Å². The zero-order chi connectivity index (χ0) is 23.1. The Hall–Kier alpha value is -3.23. The highest BCUT2D eigenvalue weighted by molar-refractivity contribution is 7.92. The summed E-state index contributed by atoms with van der Waals surface area (Å²) in [5.74, 6) is 0.596. The molecule has 0 aliphatic carbocycles. The average Bonchev–Trinajstić information content (AvgIpc) is 2.78. The van der Waals surface area contributed by atoms with Gasteiger partial charge in [-0.25, -0.2) is 8.42 Å². The van der Waals surface area contributed by atoms with Crippen LogP contribution in [0.1, 0.15) is 18.5 Å². The number of nitrogens with one attached hydrogen (secondary N) is 2. The van der Waals surface area contributed by atoms with Crippen LogP contribution in [0.25, 0.3) is 0 Å². The Labute approximate surface area is 192 Å². The van der Waals surface area contributed by atoms with Crippen molar-refractivity contribution >= 4 is 33.2 Å². The lowest BCUT2D eigenvalue weighted by Gasteiger charge is -2.16. The van der Waals surface area contributed by atoms with Crippen LogP contribution in [0.3, 0.4) is 0 Å². The number of carbonyl (C=O) groups is 1. The lowest BCUT2D eigenvalue weighted by molar-refractivity contribution is -0.123. The lowest BCUT2D eigenvalue weighted by atomic mass is 10.1. The minimum absolute atomic E-state index is 0.0173. The molecule has 3 aromatic rings. The molecule has 7 nitrogen and oxygen atoms in total. The fourth-order valence-corrected chi connectivity index (χ4v) is 4.27. The van der Waals surface area contributed by atoms with Crippen molar-refractivity contribution in [2.75, 3.05) is 18.4 Å². The summed E-state index contributed by atoms with van der Waals surface area (Å²) in [6, 6.07) is 19.7. The number of anilines is 1. The molecule has 0 saturated carbocycles. The van der Waals surface area contributed by atoms with E-state index in [0.717, 1.165) is 11.3 Å². The number of hydrogen-bond donors (Lipinski definition) is 2. The van der Waals surface area contributed by atoms with Crippen molar-refractivity contribution in [2.45, 2.75) is 17.9 Å². The number of benzene rings is 3. The van der Waals surface area contributed by atoms with Crippen LogP contribution in [0.15, 0.2) is 77.7 Å². The molecular formula is C23H23ClN2O5S. The molecule has 0 fully saturated rings. The van der Waals surface area contributed by atoms with Crippen LogP contribution in [0, 0.1) is 0 Å². The molecule has 0 heterocycles. The average molecular weight is 475 g/mol. The second kappa shape index (κ2) is 10.4. The van der Waals surface area contributed by atoms with E-state index in [-0.39, 0.29) is 34.2 Å². The van der Waals surface area contributed by atoms with Gasteiger partial charge in [0.05, 0.1) is 23.1 Å². The van der Waals surface area contributed by atoms with Crippen LogP contribution in [0.4, 0.5) is 5.69 Å². The molecule has 3 rings (SSSR count). The summed E-state index contributed by atoms with van der Waals surface area (Å²) in [5, 5.41) is 2.91. The van der Waals surface area contributed by atoms with Crippen LogP contribution in [-0.2, 0) is 14.8 Å². The van der Waals surface area contributed by atoms with Gasteiger partial charge in [-0.05, 0) is 55.0 Å². The minimum Gasteiger partial charge on any atom is -0.497 e. The van der Waals surface area contributed by atoms with Crippen molar-refractivity contribution in [1.29, 1.82) is 0 Å². The lowest BCUT2D eigenvalue weighted by Crippen LogP contribution is -2.31. The number of methoxy groups -OCH3 is 1. The molecule has 9 heteroatoms. The van der Waals surface area contributed by atoms with E-state index in [2.05, 4.69) is 10.0 Å². The van der Waals surface area contributed by atoms with E-state index in [1.165, 1.54) is 18.2 Å². The molecule has 0 saturated heterocycles. The van der Waals surface area contributed by atoms with Crippen molar-refractivity contribution in [3.8, 4) is 11.5 Å². The number of sulfonamides is 1. The molecule has 32 heavy (non-hydrogen) atoms. The SMILES string of the molecule is COc1ccc([C@H](C)NC(=O)COc2ccc(S(=O)(=O)Nc3ccccc3)cc2Cl)cc1. The molecule has 0 unspecified atom stereocenters. The first-order valence-electron chi connectivity index (χ1n) is 9.72. The number of rotatable bonds is 9. The van der Waals surface area contributed by atoms with Gasteiger partial charge in [0.2, 0.25) is 0 Å². The quantitative estimate of drug-likeness (QED) is 0.479. The standard InChI is InChI=1S/C23H23ClN2O5S/c1-16(17-8-10-19(30-2)11-9-17)25-23(27)15-31-22-13-12-20(14-21(22)24)32(28,29)26-18-6-4-3-5-7-18/h3-14,16,26H,15H2,1-2H3,(H,25,27)/t16-/m0/s1. The van der Waals surface area contributed by atoms with E-state index in [1.807, 2.05) is 31.2 Å². The van der Waals surface area contributed by atoms with Crippen LogP contribution in [-0.4, -0.2) is 28.0 Å². The molecule has 0 aromatic heterocycles. The summed E-state index contributed by atoms with van der Waals surface area (Å²) in [7, 11) is -2.23. The smallest absolute Gasteiger partial charge is 0.261 e. The second-order valence-corrected chi connectivity index (χ2v) is 9.00. The van der Waals surface area contributed by atoms with Crippen molar-refractivity contribution in [3.63, 3.8) is 0 Å².